The molecule has 0 bridgehead atoms. The summed E-state index contributed by atoms with van der Waals surface area (Å²) in [5.74, 6) is -5.23. The van der Waals surface area contributed by atoms with Gasteiger partial charge in [-0.1, -0.05) is 48.5 Å². The lowest BCUT2D eigenvalue weighted by atomic mass is 10.0. The Bertz CT molecular complexity index is 3570. The lowest BCUT2D eigenvalue weighted by Crippen LogP contribution is -2.41. The number of H-pyrrole nitrogens is 2. The molecular weight excluding hydrogens is 1080 g/mol. The van der Waals surface area contributed by atoms with Crippen LogP contribution in [0, 0.1) is 11.6 Å². The number of nitrogens with zero attached hydrogens (tertiary/aromatic N) is 9. The number of amides is 1. The standard InChI is InChI=1S/C23H18F4N6O2.C16H11FN2O3.C7H9F3N4.S3.H2S/c1-12-10-32(11-19-29-31-22(33(12)19)23(25,26)27)21(35)16-8-13(6-7-17(16)24)9-18-14-4-2-3-5-15(14)20(34)30-28-18;17-13-6-5-9(7-12(13)16(21)22)8-14-10-3-1-2-4-11(10)15(20)19-18-14;1-4-2-11-3-5-12-13-6(14(4)5)7(8,9)10;1-3-2;/h2-8,12H,9-11H2,1H3,(H,30,34);1-7H,8H2,(H,19,20)(H,21,22);4,11H,2-3H2,1H3;;1H2. The number of carboxylic acids is 1. The lowest BCUT2D eigenvalue weighted by Gasteiger charge is -2.32. The Morgan fingerprint density at radius 2 is 1.12 bits per heavy atom. The second kappa shape index (κ2) is 24.0. The van der Waals surface area contributed by atoms with E-state index in [1.807, 2.05) is 0 Å². The first-order valence-electron chi connectivity index (χ1n) is 21.8. The van der Waals surface area contributed by atoms with Crippen molar-refractivity contribution in [1.29, 1.82) is 0 Å². The molecule has 29 heteroatoms. The summed E-state index contributed by atoms with van der Waals surface area (Å²) in [5.41, 5.74) is 1.10. The summed E-state index contributed by atoms with van der Waals surface area (Å²) in [6, 6.07) is 20.9. The second-order valence-corrected chi connectivity index (χ2v) is 18.3. The topological polar surface area (TPSA) is 223 Å². The molecule has 2 aliphatic heterocycles. The molecular formula is C46H40F8N12O5S4. The predicted molar refractivity (Wildman–Crippen MR) is 268 cm³/mol. The first-order chi connectivity index (χ1) is 35.1. The molecule has 0 aliphatic carbocycles. The monoisotopic (exact) mass is 1120 g/mol. The van der Waals surface area contributed by atoms with Crippen molar-refractivity contribution in [3.05, 3.63) is 174 Å². The van der Waals surface area contributed by atoms with E-state index in [0.717, 1.165) is 30.1 Å². The zero-order valence-electron chi connectivity index (χ0n) is 38.8. The van der Waals surface area contributed by atoms with Gasteiger partial charge in [0.2, 0.25) is 11.6 Å². The zero-order valence-corrected chi connectivity index (χ0v) is 42.3. The van der Waals surface area contributed by atoms with E-state index >= 15 is 0 Å². The molecule has 6 heterocycles. The number of hydrogen-bond donors (Lipinski definition) is 4. The van der Waals surface area contributed by atoms with E-state index in [1.54, 1.807) is 55.5 Å². The van der Waals surface area contributed by atoms with E-state index in [2.05, 4.69) is 68.5 Å². The van der Waals surface area contributed by atoms with E-state index in [9.17, 15) is 54.3 Å². The smallest absolute Gasteiger partial charge is 0.451 e. The highest BCUT2D eigenvalue weighted by Gasteiger charge is 2.42. The van der Waals surface area contributed by atoms with E-state index in [-0.39, 0.29) is 73.5 Å². The van der Waals surface area contributed by atoms with Crippen LogP contribution in [0.4, 0.5) is 35.1 Å². The van der Waals surface area contributed by atoms with Gasteiger partial charge in [-0.2, -0.15) is 50.0 Å². The normalized spacial score (nSPS) is 14.9. The van der Waals surface area contributed by atoms with Gasteiger partial charge in [0.1, 0.15) is 17.5 Å². The largest absolute Gasteiger partial charge is 0.478 e. The molecule has 2 atom stereocenters. The molecule has 4 N–H and O–H groups in total. The molecule has 4 aromatic carbocycles. The van der Waals surface area contributed by atoms with E-state index < -0.39 is 53.6 Å². The predicted octanol–water partition coefficient (Wildman–Crippen LogP) is 6.90. The number of hydrogen-bond acceptors (Lipinski definition) is 13. The molecule has 75 heavy (non-hydrogen) atoms. The molecule has 0 saturated carbocycles. The van der Waals surface area contributed by atoms with Crippen LogP contribution in [0.3, 0.4) is 0 Å². The van der Waals surface area contributed by atoms with Gasteiger partial charge in [0, 0.05) is 74.0 Å². The van der Waals surface area contributed by atoms with Gasteiger partial charge in [-0.05, 0) is 61.4 Å². The Morgan fingerprint density at radius 3 is 1.60 bits per heavy atom. The van der Waals surface area contributed by atoms with Crippen molar-refractivity contribution >= 4 is 78.2 Å². The third-order valence-electron chi connectivity index (χ3n) is 11.6. The maximum absolute atomic E-state index is 14.7. The zero-order chi connectivity index (χ0) is 53.6. The number of alkyl halides is 6. The van der Waals surface area contributed by atoms with E-state index in [0.29, 0.717) is 63.0 Å². The summed E-state index contributed by atoms with van der Waals surface area (Å²) < 4.78 is 107. The van der Waals surface area contributed by atoms with Crippen LogP contribution in [0.2, 0.25) is 0 Å². The fourth-order valence-electron chi connectivity index (χ4n) is 8.33. The molecule has 2 aliphatic rings. The minimum absolute atomic E-state index is 0. The van der Waals surface area contributed by atoms with Crippen LogP contribution in [-0.2, 0) is 69.5 Å². The minimum atomic E-state index is -4.67. The average molecular weight is 1120 g/mol. The van der Waals surface area contributed by atoms with Crippen molar-refractivity contribution in [3.8, 4) is 0 Å². The van der Waals surface area contributed by atoms with Gasteiger partial charge >= 0.3 is 18.3 Å². The maximum Gasteiger partial charge on any atom is 0.451 e. The summed E-state index contributed by atoms with van der Waals surface area (Å²) in [5, 5.41) is 40.7. The Balaban J connectivity index is 0.000000194. The Kier molecular flexibility index (Phi) is 18.3. The number of fused-ring (bicyclic) bond motifs is 4. The third-order valence-corrected chi connectivity index (χ3v) is 11.6. The van der Waals surface area contributed by atoms with Crippen molar-refractivity contribution in [2.75, 3.05) is 13.1 Å². The van der Waals surface area contributed by atoms with Crippen molar-refractivity contribution in [3.63, 3.8) is 0 Å². The van der Waals surface area contributed by atoms with Crippen LogP contribution in [0.15, 0.2) is 94.5 Å². The Hall–Kier alpha value is -7.21. The van der Waals surface area contributed by atoms with Gasteiger partial charge in [0.05, 0.1) is 52.4 Å². The second-order valence-electron chi connectivity index (χ2n) is 16.6. The number of rotatable bonds is 6. The third kappa shape index (κ3) is 13.0. The molecule has 0 saturated heterocycles. The van der Waals surface area contributed by atoms with Crippen molar-refractivity contribution in [2.45, 2.75) is 64.2 Å². The van der Waals surface area contributed by atoms with Gasteiger partial charge < -0.3 is 24.5 Å². The number of halogens is 8. The van der Waals surface area contributed by atoms with Crippen molar-refractivity contribution < 1.29 is 49.8 Å². The van der Waals surface area contributed by atoms with Crippen molar-refractivity contribution in [1.82, 2.24) is 60.1 Å². The highest BCUT2D eigenvalue weighted by atomic mass is 33.1. The minimum Gasteiger partial charge on any atom is -0.478 e. The van der Waals surface area contributed by atoms with Gasteiger partial charge in [-0.3, -0.25) is 14.4 Å². The number of benzene rings is 4. The molecule has 10 rings (SSSR count). The van der Waals surface area contributed by atoms with E-state index in [4.69, 9.17) is 5.11 Å². The highest BCUT2D eigenvalue weighted by Crippen LogP contribution is 2.34. The highest BCUT2D eigenvalue weighted by molar-refractivity contribution is 8.37. The maximum atomic E-state index is 14.7. The van der Waals surface area contributed by atoms with Gasteiger partial charge in [0.15, 0.2) is 5.82 Å². The molecule has 2 unspecified atom stereocenters. The Morgan fingerprint density at radius 1 is 0.680 bits per heavy atom. The molecule has 0 fully saturated rings. The number of nitrogens with one attached hydrogen (secondary N) is 3. The van der Waals surface area contributed by atoms with Crippen molar-refractivity contribution in [2.24, 2.45) is 0 Å². The SMILES string of the molecule is CC1CN(C(=O)c2cc(Cc3n[nH]c(=O)c4ccccc34)ccc2F)Cc2nnc(C(F)(F)F)n21.CC1CNCc2nnc(C(F)(F)F)n21.O=C(O)c1cc(Cc2n[nH]c(=O)c3ccccc23)ccc1F.S.S=S=S. The molecule has 17 nitrogen and oxygen atoms in total. The number of carbonyl (C=O) groups is 2. The van der Waals surface area contributed by atoms with Crippen LogP contribution >= 0.6 is 13.5 Å². The Labute approximate surface area is 437 Å². The summed E-state index contributed by atoms with van der Waals surface area (Å²) in [6.45, 7) is 3.77. The van der Waals surface area contributed by atoms with Crippen LogP contribution < -0.4 is 16.4 Å². The summed E-state index contributed by atoms with van der Waals surface area (Å²) >= 11 is 8.25. The number of aromatic carboxylic acids is 1. The fourth-order valence-corrected chi connectivity index (χ4v) is 8.33. The van der Waals surface area contributed by atoms with Crippen LogP contribution in [0.25, 0.3) is 21.5 Å². The number of aromatic amines is 2. The summed E-state index contributed by atoms with van der Waals surface area (Å²) in [7, 11) is 0.917. The summed E-state index contributed by atoms with van der Waals surface area (Å²) in [6.07, 6.45) is -8.59. The van der Waals surface area contributed by atoms with Crippen LogP contribution in [-0.4, -0.2) is 84.9 Å². The number of aromatic nitrogens is 10. The quantitative estimate of drug-likeness (QED) is 0.125. The van der Waals surface area contributed by atoms with E-state index in [1.165, 1.54) is 36.1 Å². The number of carbonyl (C=O) groups excluding carboxylic acids is 1. The molecule has 4 aromatic heterocycles. The molecule has 8 aromatic rings. The average Bonchev–Trinajstić information content (AvgIpc) is 4.03. The van der Waals surface area contributed by atoms with Gasteiger partial charge in [-0.15, -0.1) is 20.4 Å². The summed E-state index contributed by atoms with van der Waals surface area (Å²) in [4.78, 5) is 49.2. The van der Waals surface area contributed by atoms with Gasteiger partial charge in [-0.25, -0.2) is 23.8 Å². The molecule has 0 spiro atoms. The van der Waals surface area contributed by atoms with Crippen LogP contribution in [0.5, 0.6) is 0 Å². The molecule has 0 radical (unpaired) electrons. The number of carboxylic acid groups (broad SMARTS) is 1. The van der Waals surface area contributed by atoms with Gasteiger partial charge in [0.25, 0.3) is 17.0 Å². The van der Waals surface area contributed by atoms with Crippen LogP contribution in [0.1, 0.15) is 92.5 Å². The fraction of sp³-hybridized carbons (Fsp3) is 0.261. The molecule has 394 valence electrons. The molecule has 1 amide bonds. The first kappa shape index (κ1) is 57.1. The lowest BCUT2D eigenvalue weighted by molar-refractivity contribution is -0.149. The first-order valence-corrected chi connectivity index (χ1v) is 24.4.